The van der Waals surface area contributed by atoms with E-state index < -0.39 is 22.4 Å². The lowest BCUT2D eigenvalue weighted by atomic mass is 10.00. The third-order valence-electron chi connectivity index (χ3n) is 2.09. The molecule has 0 heterocycles. The Morgan fingerprint density at radius 3 is 2.47 bits per heavy atom. The summed E-state index contributed by atoms with van der Waals surface area (Å²) in [6.45, 7) is 1.54. The van der Waals surface area contributed by atoms with Crippen molar-refractivity contribution in [2.45, 2.75) is 17.9 Å². The Morgan fingerprint density at radius 2 is 2.06 bits per heavy atom. The number of carbonyl (C=O) groups excluding carboxylic acids is 1. The summed E-state index contributed by atoms with van der Waals surface area (Å²) < 4.78 is 37.2. The maximum atomic E-state index is 12.4. The molecule has 90 valence electrons. The largest absolute Gasteiger partial charge is 0.416 e. The Kier molecular flexibility index (Phi) is 3.94. The molecule has 0 fully saturated rings. The summed E-state index contributed by atoms with van der Waals surface area (Å²) in [6, 6.07) is 4.11. The standard InChI is InChI=1S/C11H7BrF3NO/c1-6(12)10(17)9-3-2-8(11(13,14)15)4-7(9)5-16/h2-4,6H,1H3. The van der Waals surface area contributed by atoms with Crippen molar-refractivity contribution >= 4 is 21.7 Å². The molecule has 17 heavy (non-hydrogen) atoms. The number of benzene rings is 1. The van der Waals surface area contributed by atoms with Crippen LogP contribution >= 0.6 is 15.9 Å². The van der Waals surface area contributed by atoms with E-state index in [4.69, 9.17) is 5.26 Å². The van der Waals surface area contributed by atoms with Crippen LogP contribution in [0, 0.1) is 11.3 Å². The van der Waals surface area contributed by atoms with Gasteiger partial charge in [-0.15, -0.1) is 0 Å². The molecule has 1 aromatic carbocycles. The number of carbonyl (C=O) groups is 1. The van der Waals surface area contributed by atoms with E-state index in [2.05, 4.69) is 15.9 Å². The predicted molar refractivity (Wildman–Crippen MR) is 58.9 cm³/mol. The number of hydrogen-bond acceptors (Lipinski definition) is 2. The van der Waals surface area contributed by atoms with Gasteiger partial charge in [0.05, 0.1) is 22.0 Å². The van der Waals surface area contributed by atoms with Gasteiger partial charge in [-0.2, -0.15) is 18.4 Å². The van der Waals surface area contributed by atoms with Gasteiger partial charge in [-0.05, 0) is 25.1 Å². The highest BCUT2D eigenvalue weighted by Crippen LogP contribution is 2.30. The summed E-state index contributed by atoms with van der Waals surface area (Å²) >= 11 is 3.02. The van der Waals surface area contributed by atoms with Crippen molar-refractivity contribution in [3.8, 4) is 6.07 Å². The van der Waals surface area contributed by atoms with Crippen molar-refractivity contribution in [2.75, 3.05) is 0 Å². The highest BCUT2D eigenvalue weighted by molar-refractivity contribution is 9.10. The van der Waals surface area contributed by atoms with Crippen molar-refractivity contribution in [2.24, 2.45) is 0 Å². The quantitative estimate of drug-likeness (QED) is 0.619. The van der Waals surface area contributed by atoms with E-state index in [0.29, 0.717) is 6.07 Å². The van der Waals surface area contributed by atoms with Gasteiger partial charge in [0.25, 0.3) is 0 Å². The first-order valence-corrected chi connectivity index (χ1v) is 5.48. The minimum Gasteiger partial charge on any atom is -0.293 e. The van der Waals surface area contributed by atoms with Gasteiger partial charge in [0, 0.05) is 5.56 Å². The predicted octanol–water partition coefficient (Wildman–Crippen LogP) is 3.54. The number of ketones is 1. The average molecular weight is 306 g/mol. The fraction of sp³-hybridized carbons (Fsp3) is 0.273. The molecule has 1 rings (SSSR count). The molecule has 0 spiro atoms. The monoisotopic (exact) mass is 305 g/mol. The second kappa shape index (κ2) is 4.88. The second-order valence-corrected chi connectivity index (χ2v) is 4.72. The molecule has 0 saturated heterocycles. The van der Waals surface area contributed by atoms with Crippen LogP contribution in [0.2, 0.25) is 0 Å². The Labute approximate surface area is 104 Å². The van der Waals surface area contributed by atoms with Gasteiger partial charge >= 0.3 is 6.18 Å². The molecule has 0 radical (unpaired) electrons. The van der Waals surface area contributed by atoms with Gasteiger partial charge in [0.15, 0.2) is 5.78 Å². The number of alkyl halides is 4. The van der Waals surface area contributed by atoms with Crippen LogP contribution in [0.15, 0.2) is 18.2 Å². The Morgan fingerprint density at radius 1 is 1.47 bits per heavy atom. The lowest BCUT2D eigenvalue weighted by molar-refractivity contribution is -0.137. The summed E-state index contributed by atoms with van der Waals surface area (Å²) in [5.74, 6) is -0.421. The van der Waals surface area contributed by atoms with E-state index in [1.807, 2.05) is 0 Å². The fourth-order valence-electron chi connectivity index (χ4n) is 1.24. The average Bonchev–Trinajstić information content (AvgIpc) is 2.25. The van der Waals surface area contributed by atoms with E-state index in [1.165, 1.54) is 0 Å². The maximum absolute atomic E-state index is 12.4. The minimum atomic E-state index is -4.52. The zero-order chi connectivity index (χ0) is 13.2. The fourth-order valence-corrected chi connectivity index (χ4v) is 1.49. The van der Waals surface area contributed by atoms with Crippen molar-refractivity contribution in [1.29, 1.82) is 5.26 Å². The molecule has 0 aromatic heterocycles. The number of nitriles is 1. The molecule has 0 amide bonds. The maximum Gasteiger partial charge on any atom is 0.416 e. The first kappa shape index (κ1) is 13.7. The van der Waals surface area contributed by atoms with E-state index in [9.17, 15) is 18.0 Å². The summed E-state index contributed by atoms with van der Waals surface area (Å²) in [7, 11) is 0. The minimum absolute atomic E-state index is 0.00937. The number of halogens is 4. The van der Waals surface area contributed by atoms with E-state index in [1.54, 1.807) is 13.0 Å². The van der Waals surface area contributed by atoms with Crippen LogP contribution in [0.3, 0.4) is 0 Å². The van der Waals surface area contributed by atoms with Gasteiger partial charge < -0.3 is 0 Å². The van der Waals surface area contributed by atoms with Crippen LogP contribution in [0.25, 0.3) is 0 Å². The van der Waals surface area contributed by atoms with Gasteiger partial charge in [0.1, 0.15) is 0 Å². The molecular formula is C11H7BrF3NO. The van der Waals surface area contributed by atoms with E-state index in [-0.39, 0.29) is 11.1 Å². The molecule has 0 aliphatic heterocycles. The normalized spacial score (nSPS) is 12.9. The number of hydrogen-bond donors (Lipinski definition) is 0. The molecule has 1 aromatic rings. The molecule has 6 heteroatoms. The van der Waals surface area contributed by atoms with Crippen LogP contribution in [-0.2, 0) is 6.18 Å². The molecule has 0 N–H and O–H groups in total. The highest BCUT2D eigenvalue weighted by Gasteiger charge is 2.31. The third kappa shape index (κ3) is 3.07. The Balaban J connectivity index is 3.30. The molecule has 0 aliphatic rings. The van der Waals surface area contributed by atoms with Gasteiger partial charge in [-0.3, -0.25) is 4.79 Å². The SMILES string of the molecule is CC(Br)C(=O)c1ccc(C(F)(F)F)cc1C#N. The Bertz CT molecular complexity index is 488. The molecule has 0 aliphatic carbocycles. The topological polar surface area (TPSA) is 40.9 Å². The number of rotatable bonds is 2. The van der Waals surface area contributed by atoms with E-state index >= 15 is 0 Å². The molecular weight excluding hydrogens is 299 g/mol. The first-order chi connectivity index (χ1) is 7.77. The van der Waals surface area contributed by atoms with Gasteiger partial charge in [-0.1, -0.05) is 15.9 Å². The lowest BCUT2D eigenvalue weighted by Gasteiger charge is -2.09. The summed E-state index contributed by atoms with van der Waals surface area (Å²) in [6.07, 6.45) is -4.52. The van der Waals surface area contributed by atoms with Crippen molar-refractivity contribution in [1.82, 2.24) is 0 Å². The number of nitrogens with zero attached hydrogens (tertiary/aromatic N) is 1. The highest BCUT2D eigenvalue weighted by atomic mass is 79.9. The second-order valence-electron chi connectivity index (χ2n) is 3.35. The van der Waals surface area contributed by atoms with Crippen LogP contribution in [0.5, 0.6) is 0 Å². The summed E-state index contributed by atoms with van der Waals surface area (Å²) in [5.41, 5.74) is -1.21. The lowest BCUT2D eigenvalue weighted by Crippen LogP contribution is -2.13. The zero-order valence-electron chi connectivity index (χ0n) is 8.68. The Hall–Kier alpha value is -1.35. The molecule has 0 saturated carbocycles. The number of Topliss-reactive ketones (excluding diaryl/α,β-unsaturated/α-hetero) is 1. The molecule has 1 unspecified atom stereocenters. The third-order valence-corrected chi connectivity index (χ3v) is 2.51. The van der Waals surface area contributed by atoms with Crippen LogP contribution in [-0.4, -0.2) is 10.6 Å². The summed E-state index contributed by atoms with van der Waals surface area (Å²) in [4.78, 5) is 11.1. The molecule has 1 atom stereocenters. The first-order valence-electron chi connectivity index (χ1n) is 4.57. The molecule has 0 bridgehead atoms. The van der Waals surface area contributed by atoms with Crippen LogP contribution in [0.1, 0.15) is 28.4 Å². The van der Waals surface area contributed by atoms with Crippen molar-refractivity contribution in [3.05, 3.63) is 34.9 Å². The smallest absolute Gasteiger partial charge is 0.293 e. The van der Waals surface area contributed by atoms with E-state index in [0.717, 1.165) is 12.1 Å². The van der Waals surface area contributed by atoms with Crippen molar-refractivity contribution < 1.29 is 18.0 Å². The van der Waals surface area contributed by atoms with Gasteiger partial charge in [-0.25, -0.2) is 0 Å². The van der Waals surface area contributed by atoms with Gasteiger partial charge in [0.2, 0.25) is 0 Å². The van der Waals surface area contributed by atoms with Crippen molar-refractivity contribution in [3.63, 3.8) is 0 Å². The summed E-state index contributed by atoms with van der Waals surface area (Å²) in [5, 5.41) is 8.75. The zero-order valence-corrected chi connectivity index (χ0v) is 10.3. The van der Waals surface area contributed by atoms with Crippen LogP contribution in [0.4, 0.5) is 13.2 Å². The molecule has 2 nitrogen and oxygen atoms in total. The van der Waals surface area contributed by atoms with Crippen LogP contribution < -0.4 is 0 Å².